The molecule has 0 aliphatic heterocycles. The molecule has 1 N–H and O–H groups in total. The summed E-state index contributed by atoms with van der Waals surface area (Å²) in [5.41, 5.74) is 3.64. The molecule has 0 aliphatic rings. The van der Waals surface area contributed by atoms with Crippen LogP contribution in [-0.4, -0.2) is 19.8 Å². The van der Waals surface area contributed by atoms with Gasteiger partial charge in [0.05, 0.1) is 15.1 Å². The van der Waals surface area contributed by atoms with Gasteiger partial charge in [0.25, 0.3) is 5.69 Å². The summed E-state index contributed by atoms with van der Waals surface area (Å²) in [6, 6.07) is 4.62. The minimum absolute atomic E-state index is 0.0225. The highest BCUT2D eigenvalue weighted by atomic mass is 79.9. The summed E-state index contributed by atoms with van der Waals surface area (Å²) in [5.74, 6) is 0. The highest BCUT2D eigenvalue weighted by Crippen LogP contribution is 2.27. The largest absolute Gasteiger partial charge is 0.292 e. The van der Waals surface area contributed by atoms with E-state index in [1.165, 1.54) is 23.4 Å². The molecule has 1 heterocycles. The standard InChI is InChI=1S/C8H6BrN5O2/c9-7-3-6(1-2-8(7)14(15)16)12-13-4-10-11-5-13/h1-5,12H. The van der Waals surface area contributed by atoms with E-state index in [2.05, 4.69) is 31.6 Å². The Kier molecular flexibility index (Phi) is 2.82. The van der Waals surface area contributed by atoms with E-state index < -0.39 is 4.92 Å². The highest BCUT2D eigenvalue weighted by Gasteiger charge is 2.11. The van der Waals surface area contributed by atoms with Gasteiger partial charge in [0.15, 0.2) is 0 Å². The lowest BCUT2D eigenvalue weighted by Gasteiger charge is -2.05. The maximum atomic E-state index is 10.6. The van der Waals surface area contributed by atoms with Gasteiger partial charge in [0, 0.05) is 6.07 Å². The van der Waals surface area contributed by atoms with Crippen molar-refractivity contribution in [2.24, 2.45) is 0 Å². The van der Waals surface area contributed by atoms with Gasteiger partial charge in [-0.1, -0.05) is 0 Å². The zero-order valence-electron chi connectivity index (χ0n) is 7.87. The van der Waals surface area contributed by atoms with Crippen LogP contribution in [0.15, 0.2) is 35.3 Å². The number of hydrogen-bond acceptors (Lipinski definition) is 5. The van der Waals surface area contributed by atoms with Gasteiger partial charge in [0.2, 0.25) is 0 Å². The van der Waals surface area contributed by atoms with Gasteiger partial charge >= 0.3 is 0 Å². The van der Waals surface area contributed by atoms with E-state index in [1.54, 1.807) is 12.1 Å². The minimum Gasteiger partial charge on any atom is -0.292 e. The van der Waals surface area contributed by atoms with Crippen LogP contribution in [-0.2, 0) is 0 Å². The van der Waals surface area contributed by atoms with Crippen LogP contribution in [0.4, 0.5) is 11.4 Å². The van der Waals surface area contributed by atoms with E-state index in [9.17, 15) is 10.1 Å². The van der Waals surface area contributed by atoms with Crippen molar-refractivity contribution in [1.82, 2.24) is 14.9 Å². The zero-order chi connectivity index (χ0) is 11.5. The molecular weight excluding hydrogens is 278 g/mol. The lowest BCUT2D eigenvalue weighted by molar-refractivity contribution is -0.385. The van der Waals surface area contributed by atoms with Crippen LogP contribution in [0, 0.1) is 10.1 Å². The van der Waals surface area contributed by atoms with Gasteiger partial charge in [0.1, 0.15) is 12.7 Å². The predicted molar refractivity (Wildman–Crippen MR) is 59.8 cm³/mol. The molecule has 8 heteroatoms. The van der Waals surface area contributed by atoms with Crippen molar-refractivity contribution >= 4 is 27.3 Å². The highest BCUT2D eigenvalue weighted by molar-refractivity contribution is 9.10. The minimum atomic E-state index is -0.452. The SMILES string of the molecule is O=[N+]([O-])c1ccc(Nn2cnnc2)cc1Br. The summed E-state index contributed by atoms with van der Waals surface area (Å²) in [4.78, 5) is 10.1. The fourth-order valence-corrected chi connectivity index (χ4v) is 1.66. The molecule has 16 heavy (non-hydrogen) atoms. The number of halogens is 1. The first-order valence-electron chi connectivity index (χ1n) is 4.22. The molecular formula is C8H6BrN5O2. The van der Waals surface area contributed by atoms with E-state index in [1.807, 2.05) is 0 Å². The fourth-order valence-electron chi connectivity index (χ4n) is 1.13. The molecule has 2 rings (SSSR count). The summed E-state index contributed by atoms with van der Waals surface area (Å²) in [6.07, 6.45) is 2.96. The molecule has 82 valence electrons. The number of nitro benzene ring substituents is 1. The first kappa shape index (κ1) is 10.6. The zero-order valence-corrected chi connectivity index (χ0v) is 9.46. The van der Waals surface area contributed by atoms with Crippen molar-refractivity contribution in [2.45, 2.75) is 0 Å². The number of benzene rings is 1. The molecule has 0 saturated carbocycles. The molecule has 0 fully saturated rings. The Balaban J connectivity index is 2.24. The molecule has 7 nitrogen and oxygen atoms in total. The van der Waals surface area contributed by atoms with Gasteiger partial charge in [-0.25, -0.2) is 4.68 Å². The molecule has 0 amide bonds. The van der Waals surface area contributed by atoms with Crippen molar-refractivity contribution < 1.29 is 4.92 Å². The lowest BCUT2D eigenvalue weighted by Crippen LogP contribution is -2.06. The number of hydrogen-bond donors (Lipinski definition) is 1. The third-order valence-electron chi connectivity index (χ3n) is 1.82. The Bertz CT molecular complexity index is 513. The third kappa shape index (κ3) is 2.16. The van der Waals surface area contributed by atoms with Crippen molar-refractivity contribution in [3.63, 3.8) is 0 Å². The van der Waals surface area contributed by atoms with Crippen molar-refractivity contribution in [3.8, 4) is 0 Å². The summed E-state index contributed by atoms with van der Waals surface area (Å²) >= 11 is 3.13. The Morgan fingerprint density at radius 1 is 1.38 bits per heavy atom. The topological polar surface area (TPSA) is 85.9 Å². The van der Waals surface area contributed by atoms with E-state index in [4.69, 9.17) is 0 Å². The van der Waals surface area contributed by atoms with Crippen molar-refractivity contribution in [1.29, 1.82) is 0 Å². The first-order chi connectivity index (χ1) is 7.66. The summed E-state index contributed by atoms with van der Waals surface area (Å²) < 4.78 is 1.95. The van der Waals surface area contributed by atoms with Gasteiger partial charge in [-0.3, -0.25) is 15.5 Å². The molecule has 0 spiro atoms. The molecule has 0 unspecified atom stereocenters. The smallest absolute Gasteiger partial charge is 0.283 e. The average Bonchev–Trinajstić information content (AvgIpc) is 2.70. The van der Waals surface area contributed by atoms with Crippen molar-refractivity contribution in [2.75, 3.05) is 5.43 Å². The number of rotatable bonds is 3. The molecule has 0 aliphatic carbocycles. The van der Waals surface area contributed by atoms with Gasteiger partial charge in [-0.15, -0.1) is 10.2 Å². The Morgan fingerprint density at radius 2 is 2.06 bits per heavy atom. The molecule has 1 aromatic carbocycles. The van der Waals surface area contributed by atoms with Crippen LogP contribution in [0.1, 0.15) is 0 Å². The normalized spacial score (nSPS) is 10.1. The Hall–Kier alpha value is -1.96. The number of nitro groups is 1. The maximum Gasteiger partial charge on any atom is 0.283 e. The molecule has 0 bridgehead atoms. The van der Waals surface area contributed by atoms with Crippen molar-refractivity contribution in [3.05, 3.63) is 45.4 Å². The molecule has 0 radical (unpaired) electrons. The number of aromatic nitrogens is 3. The molecule has 1 aromatic heterocycles. The van der Waals surface area contributed by atoms with Gasteiger partial charge in [-0.05, 0) is 28.1 Å². The van der Waals surface area contributed by atoms with E-state index in [0.717, 1.165) is 0 Å². The van der Waals surface area contributed by atoms with Gasteiger partial charge in [-0.2, -0.15) is 0 Å². The fraction of sp³-hybridized carbons (Fsp3) is 0. The number of anilines is 1. The van der Waals surface area contributed by atoms with E-state index >= 15 is 0 Å². The molecule has 0 atom stereocenters. The summed E-state index contributed by atoms with van der Waals surface area (Å²) in [7, 11) is 0. The van der Waals surface area contributed by atoms with E-state index in [0.29, 0.717) is 10.2 Å². The summed E-state index contributed by atoms with van der Waals surface area (Å²) in [6.45, 7) is 0. The second-order valence-corrected chi connectivity index (χ2v) is 3.76. The lowest BCUT2D eigenvalue weighted by atomic mass is 10.3. The van der Waals surface area contributed by atoms with Crippen LogP contribution in [0.25, 0.3) is 0 Å². The van der Waals surface area contributed by atoms with Crippen LogP contribution in [0.2, 0.25) is 0 Å². The number of nitrogens with one attached hydrogen (secondary N) is 1. The second-order valence-electron chi connectivity index (χ2n) is 2.90. The van der Waals surface area contributed by atoms with Crippen LogP contribution < -0.4 is 5.43 Å². The summed E-state index contributed by atoms with van der Waals surface area (Å²) in [5, 5.41) is 17.8. The Labute approximate surface area is 98.4 Å². The molecule has 0 saturated heterocycles. The monoisotopic (exact) mass is 283 g/mol. The first-order valence-corrected chi connectivity index (χ1v) is 5.02. The van der Waals surface area contributed by atoms with Crippen LogP contribution in [0.3, 0.4) is 0 Å². The third-order valence-corrected chi connectivity index (χ3v) is 2.46. The predicted octanol–water partition coefficient (Wildman–Crippen LogP) is 1.82. The van der Waals surface area contributed by atoms with Crippen LogP contribution >= 0.6 is 15.9 Å². The maximum absolute atomic E-state index is 10.6. The van der Waals surface area contributed by atoms with Crippen LogP contribution in [0.5, 0.6) is 0 Å². The average molecular weight is 284 g/mol. The second kappa shape index (κ2) is 4.27. The van der Waals surface area contributed by atoms with E-state index in [-0.39, 0.29) is 5.69 Å². The number of nitrogens with zero attached hydrogens (tertiary/aromatic N) is 4. The quantitative estimate of drug-likeness (QED) is 0.686. The Morgan fingerprint density at radius 3 is 2.62 bits per heavy atom. The molecule has 2 aromatic rings. The van der Waals surface area contributed by atoms with Gasteiger partial charge < -0.3 is 0 Å².